The summed E-state index contributed by atoms with van der Waals surface area (Å²) < 4.78 is 6.15. The Hall–Kier alpha value is -3.35. The zero-order valence-corrected chi connectivity index (χ0v) is 20.2. The van der Waals surface area contributed by atoms with E-state index in [0.29, 0.717) is 18.6 Å². The maximum absolute atomic E-state index is 13.3. The lowest BCUT2D eigenvalue weighted by Gasteiger charge is -2.29. The van der Waals surface area contributed by atoms with Crippen LogP contribution in [0.3, 0.4) is 0 Å². The van der Waals surface area contributed by atoms with E-state index in [0.717, 1.165) is 48.1 Å². The normalized spacial score (nSPS) is 19.3. The van der Waals surface area contributed by atoms with Crippen LogP contribution in [0, 0.1) is 6.92 Å². The van der Waals surface area contributed by atoms with Gasteiger partial charge in [0.25, 0.3) is 0 Å². The van der Waals surface area contributed by atoms with Gasteiger partial charge in [0.15, 0.2) is 0 Å². The maximum atomic E-state index is 13.3. The minimum Gasteiger partial charge on any atom is -0.493 e. The number of ether oxygens (including phenoxy) is 1. The quantitative estimate of drug-likeness (QED) is 0.695. The van der Waals surface area contributed by atoms with Crippen molar-refractivity contribution < 1.29 is 24.2 Å². The molecule has 2 amide bonds. The van der Waals surface area contributed by atoms with Gasteiger partial charge in [-0.25, -0.2) is 0 Å². The topological polar surface area (TPSA) is 95.9 Å². The molecule has 0 fully saturated rings. The van der Waals surface area contributed by atoms with Crippen LogP contribution < -0.4 is 10.1 Å². The predicted molar refractivity (Wildman–Crippen MR) is 131 cm³/mol. The molecule has 1 aliphatic heterocycles. The van der Waals surface area contributed by atoms with E-state index >= 15 is 0 Å². The summed E-state index contributed by atoms with van der Waals surface area (Å²) in [5.74, 6) is -0.749. The van der Waals surface area contributed by atoms with Crippen molar-refractivity contribution in [2.45, 2.75) is 64.5 Å². The monoisotopic (exact) mass is 466 g/mol. The number of carboxylic acids is 1. The number of carboxylic acid groups (broad SMARTS) is 1. The van der Waals surface area contributed by atoms with Gasteiger partial charge in [0.05, 0.1) is 19.1 Å². The molecule has 3 rings (SSSR count). The van der Waals surface area contributed by atoms with Gasteiger partial charge in [0.2, 0.25) is 11.8 Å². The van der Waals surface area contributed by atoms with E-state index in [2.05, 4.69) is 5.32 Å². The number of carbonyl (C=O) groups is 3. The van der Waals surface area contributed by atoms with Crippen LogP contribution in [-0.4, -0.2) is 47.5 Å². The summed E-state index contributed by atoms with van der Waals surface area (Å²) in [4.78, 5) is 38.4. The molecule has 7 nitrogen and oxygen atoms in total. The second kappa shape index (κ2) is 11.7. The zero-order chi connectivity index (χ0) is 24.7. The van der Waals surface area contributed by atoms with Crippen molar-refractivity contribution in [2.24, 2.45) is 0 Å². The summed E-state index contributed by atoms with van der Waals surface area (Å²) in [6, 6.07) is 12.1. The number of aryl methyl sites for hydroxylation is 1. The minimum absolute atomic E-state index is 0.202. The number of hydrogen-bond donors (Lipinski definition) is 2. The minimum atomic E-state index is -1.01. The molecular formula is C27H34N2O5. The highest BCUT2D eigenvalue weighted by molar-refractivity contribution is 5.87. The Kier molecular flexibility index (Phi) is 8.68. The molecule has 0 spiro atoms. The molecule has 7 heteroatoms. The fourth-order valence-electron chi connectivity index (χ4n) is 4.43. The fourth-order valence-corrected chi connectivity index (χ4v) is 4.43. The number of aliphatic carboxylic acids is 1. The van der Waals surface area contributed by atoms with E-state index in [1.165, 1.54) is 11.8 Å². The molecule has 34 heavy (non-hydrogen) atoms. The first-order chi connectivity index (χ1) is 16.3. The Morgan fingerprint density at radius 2 is 1.85 bits per heavy atom. The Morgan fingerprint density at radius 1 is 1.12 bits per heavy atom. The lowest BCUT2D eigenvalue weighted by Crippen LogP contribution is -2.48. The van der Waals surface area contributed by atoms with Crippen molar-refractivity contribution >= 4 is 17.8 Å². The summed E-state index contributed by atoms with van der Waals surface area (Å²) in [7, 11) is 1.62. The number of amides is 2. The number of fused-ring (bicyclic) bond motifs is 4. The van der Waals surface area contributed by atoms with Crippen molar-refractivity contribution in [3.05, 3.63) is 53.6 Å². The molecule has 0 aromatic heterocycles. The van der Waals surface area contributed by atoms with E-state index in [9.17, 15) is 19.5 Å². The molecule has 0 radical (unpaired) electrons. The van der Waals surface area contributed by atoms with E-state index < -0.39 is 18.1 Å². The van der Waals surface area contributed by atoms with E-state index in [1.54, 1.807) is 7.05 Å². The van der Waals surface area contributed by atoms with Crippen LogP contribution in [0.5, 0.6) is 5.75 Å². The molecule has 2 aromatic carbocycles. The van der Waals surface area contributed by atoms with Gasteiger partial charge in [0, 0.05) is 19.5 Å². The van der Waals surface area contributed by atoms with Gasteiger partial charge in [-0.2, -0.15) is 0 Å². The number of benzene rings is 2. The van der Waals surface area contributed by atoms with Crippen LogP contribution in [0.2, 0.25) is 0 Å². The molecule has 2 bridgehead atoms. The van der Waals surface area contributed by atoms with Crippen LogP contribution in [0.15, 0.2) is 42.5 Å². The van der Waals surface area contributed by atoms with E-state index in [1.807, 2.05) is 49.4 Å². The van der Waals surface area contributed by atoms with Gasteiger partial charge in [-0.1, -0.05) is 49.6 Å². The lowest BCUT2D eigenvalue weighted by molar-refractivity contribution is -0.140. The molecular weight excluding hydrogens is 432 g/mol. The lowest BCUT2D eigenvalue weighted by atomic mass is 9.94. The fraction of sp³-hybridized carbons (Fsp3) is 0.444. The Labute approximate surface area is 201 Å². The van der Waals surface area contributed by atoms with E-state index in [-0.39, 0.29) is 18.2 Å². The molecule has 0 saturated carbocycles. The summed E-state index contributed by atoms with van der Waals surface area (Å²) >= 11 is 0. The van der Waals surface area contributed by atoms with Gasteiger partial charge in [-0.05, 0) is 48.6 Å². The number of rotatable bonds is 3. The average molecular weight is 467 g/mol. The number of nitrogens with zero attached hydrogens (tertiary/aromatic N) is 1. The average Bonchev–Trinajstić information content (AvgIpc) is 2.79. The third-order valence-corrected chi connectivity index (χ3v) is 6.40. The maximum Gasteiger partial charge on any atom is 0.305 e. The van der Waals surface area contributed by atoms with Crippen LogP contribution >= 0.6 is 0 Å². The predicted octanol–water partition coefficient (Wildman–Crippen LogP) is 4.48. The third kappa shape index (κ3) is 6.37. The standard InChI is InChI=1S/C27H34N2O5/c1-18-10-8-14-24-26(18)21-12-9-11-20(16-21)22(17-25(31)32)28-27(33)23(29(3)19(2)30)13-6-4-5-7-15-34-24/h8-12,14,16,22-23H,4-7,13,15,17H2,1-3H3,(H,28,33)(H,31,32)/t22-,23-/m0/s1. The van der Waals surface area contributed by atoms with Crippen molar-refractivity contribution in [1.29, 1.82) is 0 Å². The number of likely N-dealkylation sites (N-methyl/N-ethyl adjacent to an activating group) is 1. The van der Waals surface area contributed by atoms with E-state index in [4.69, 9.17) is 4.74 Å². The zero-order valence-electron chi connectivity index (χ0n) is 20.2. The Bertz CT molecular complexity index is 1040. The molecule has 1 heterocycles. The first-order valence-electron chi connectivity index (χ1n) is 11.9. The highest BCUT2D eigenvalue weighted by atomic mass is 16.5. The number of carbonyl (C=O) groups excluding carboxylic acids is 2. The first-order valence-corrected chi connectivity index (χ1v) is 11.9. The van der Waals surface area contributed by atoms with Gasteiger partial charge < -0.3 is 20.1 Å². The van der Waals surface area contributed by atoms with Crippen molar-refractivity contribution in [3.8, 4) is 16.9 Å². The second-order valence-electron chi connectivity index (χ2n) is 8.93. The SMILES string of the molecule is CC(=O)N(C)[C@H]1CCCCCCOc2cccc(C)c2-c2cccc(c2)[C@H](CC(=O)O)NC1=O. The number of nitrogens with one attached hydrogen (secondary N) is 1. The van der Waals surface area contributed by atoms with Gasteiger partial charge in [-0.15, -0.1) is 0 Å². The summed E-state index contributed by atoms with van der Waals surface area (Å²) in [6.07, 6.45) is 3.80. The third-order valence-electron chi connectivity index (χ3n) is 6.40. The second-order valence-corrected chi connectivity index (χ2v) is 8.93. The Balaban J connectivity index is 2.04. The molecule has 0 unspecified atom stereocenters. The largest absolute Gasteiger partial charge is 0.493 e. The highest BCUT2D eigenvalue weighted by Gasteiger charge is 2.28. The van der Waals surface area contributed by atoms with Crippen molar-refractivity contribution in [3.63, 3.8) is 0 Å². The van der Waals surface area contributed by atoms with Gasteiger partial charge in [0.1, 0.15) is 11.8 Å². The molecule has 2 aromatic rings. The number of hydrogen-bond acceptors (Lipinski definition) is 4. The smallest absolute Gasteiger partial charge is 0.305 e. The summed E-state index contributed by atoms with van der Waals surface area (Å²) in [5, 5.41) is 12.5. The first kappa shape index (κ1) is 25.3. The van der Waals surface area contributed by atoms with Crippen LogP contribution in [0.1, 0.15) is 62.6 Å². The molecule has 2 atom stereocenters. The van der Waals surface area contributed by atoms with Crippen LogP contribution in [-0.2, 0) is 14.4 Å². The Morgan fingerprint density at radius 3 is 2.59 bits per heavy atom. The van der Waals surface area contributed by atoms with Crippen molar-refractivity contribution in [1.82, 2.24) is 10.2 Å². The molecule has 2 N–H and O–H groups in total. The van der Waals surface area contributed by atoms with Crippen molar-refractivity contribution in [2.75, 3.05) is 13.7 Å². The molecule has 182 valence electrons. The summed E-state index contributed by atoms with van der Waals surface area (Å²) in [5.41, 5.74) is 3.61. The van der Waals surface area contributed by atoms with Crippen LogP contribution in [0.25, 0.3) is 11.1 Å². The van der Waals surface area contributed by atoms with Gasteiger partial charge >= 0.3 is 5.97 Å². The highest BCUT2D eigenvalue weighted by Crippen LogP contribution is 2.35. The van der Waals surface area contributed by atoms with Gasteiger partial charge in [-0.3, -0.25) is 14.4 Å². The van der Waals surface area contributed by atoms with Crippen LogP contribution in [0.4, 0.5) is 0 Å². The molecule has 0 aliphatic carbocycles. The molecule has 1 aliphatic rings. The summed E-state index contributed by atoms with van der Waals surface area (Å²) in [6.45, 7) is 4.04. The molecule has 0 saturated heterocycles.